The first-order chi connectivity index (χ1) is 12.1. The van der Waals surface area contributed by atoms with E-state index in [0.29, 0.717) is 19.5 Å². The van der Waals surface area contributed by atoms with E-state index in [1.807, 2.05) is 43.0 Å². The average molecular weight is 338 g/mol. The first kappa shape index (κ1) is 17.4. The van der Waals surface area contributed by atoms with Crippen LogP contribution in [0.4, 0.5) is 5.95 Å². The Kier molecular flexibility index (Phi) is 5.31. The lowest BCUT2D eigenvalue weighted by atomic mass is 10.1. The molecule has 0 saturated carbocycles. The van der Waals surface area contributed by atoms with Gasteiger partial charge >= 0.3 is 0 Å². The Morgan fingerprint density at radius 2 is 1.80 bits per heavy atom. The molecule has 1 aliphatic heterocycles. The number of benzene rings is 1. The minimum absolute atomic E-state index is 0.166. The molecule has 1 saturated heterocycles. The zero-order valence-corrected chi connectivity index (χ0v) is 15.3. The molecule has 2 aromatic rings. The molecular formula is C20H26N4O. The normalized spacial score (nSPS) is 18.4. The highest BCUT2D eigenvalue weighted by molar-refractivity contribution is 5.77. The van der Waals surface area contributed by atoms with Crippen LogP contribution >= 0.6 is 0 Å². The van der Waals surface area contributed by atoms with E-state index < -0.39 is 0 Å². The van der Waals surface area contributed by atoms with Crippen molar-refractivity contribution in [3.05, 3.63) is 53.3 Å². The van der Waals surface area contributed by atoms with Gasteiger partial charge in [0, 0.05) is 43.5 Å². The summed E-state index contributed by atoms with van der Waals surface area (Å²) in [6, 6.07) is 12.4. The summed E-state index contributed by atoms with van der Waals surface area (Å²) in [6.45, 7) is 8.23. The summed E-state index contributed by atoms with van der Waals surface area (Å²) in [5, 5.41) is 0. The smallest absolute Gasteiger partial charge is 0.225 e. The number of amides is 1. The van der Waals surface area contributed by atoms with Crippen LogP contribution in [-0.2, 0) is 11.3 Å². The maximum Gasteiger partial charge on any atom is 0.225 e. The van der Waals surface area contributed by atoms with E-state index in [9.17, 15) is 4.79 Å². The van der Waals surface area contributed by atoms with Crippen molar-refractivity contribution in [1.82, 2.24) is 14.9 Å². The summed E-state index contributed by atoms with van der Waals surface area (Å²) in [4.78, 5) is 26.1. The maximum atomic E-state index is 12.8. The molecule has 3 rings (SSSR count). The van der Waals surface area contributed by atoms with Gasteiger partial charge in [0.15, 0.2) is 0 Å². The number of nitrogens with zero attached hydrogens (tertiary/aromatic N) is 4. The molecule has 0 spiro atoms. The van der Waals surface area contributed by atoms with Crippen molar-refractivity contribution in [3.63, 3.8) is 0 Å². The third-order valence-corrected chi connectivity index (χ3v) is 4.71. The third kappa shape index (κ3) is 4.16. The molecule has 1 fully saturated rings. The summed E-state index contributed by atoms with van der Waals surface area (Å²) in [5.74, 6) is 0.952. The fraction of sp³-hybridized carbons (Fsp3) is 0.450. The molecule has 0 N–H and O–H groups in total. The molecule has 1 aromatic heterocycles. The van der Waals surface area contributed by atoms with Gasteiger partial charge in [0.2, 0.25) is 11.9 Å². The zero-order chi connectivity index (χ0) is 17.8. The predicted octanol–water partition coefficient (Wildman–Crippen LogP) is 3.11. The van der Waals surface area contributed by atoms with Crippen LogP contribution in [0.25, 0.3) is 0 Å². The van der Waals surface area contributed by atoms with Gasteiger partial charge < -0.3 is 9.80 Å². The highest BCUT2D eigenvalue weighted by atomic mass is 16.2. The first-order valence-corrected chi connectivity index (χ1v) is 8.97. The summed E-state index contributed by atoms with van der Waals surface area (Å²) in [5.41, 5.74) is 3.10. The fourth-order valence-corrected chi connectivity index (χ4v) is 3.40. The van der Waals surface area contributed by atoms with E-state index in [1.165, 1.54) is 5.56 Å². The zero-order valence-electron chi connectivity index (χ0n) is 15.3. The third-order valence-electron chi connectivity index (χ3n) is 4.71. The lowest BCUT2D eigenvalue weighted by Crippen LogP contribution is -2.42. The van der Waals surface area contributed by atoms with Gasteiger partial charge in [-0.1, -0.05) is 37.3 Å². The average Bonchev–Trinajstić information content (AvgIpc) is 2.75. The second kappa shape index (κ2) is 7.64. The lowest BCUT2D eigenvalue weighted by Gasteiger charge is -2.31. The van der Waals surface area contributed by atoms with Crippen molar-refractivity contribution in [2.75, 3.05) is 18.0 Å². The van der Waals surface area contributed by atoms with E-state index >= 15 is 0 Å². The maximum absolute atomic E-state index is 12.8. The van der Waals surface area contributed by atoms with Gasteiger partial charge in [0.1, 0.15) is 0 Å². The molecule has 2 heterocycles. The molecule has 5 nitrogen and oxygen atoms in total. The van der Waals surface area contributed by atoms with Crippen LogP contribution in [0, 0.1) is 13.8 Å². The van der Waals surface area contributed by atoms with Gasteiger partial charge in [-0.25, -0.2) is 9.97 Å². The number of hydrogen-bond donors (Lipinski definition) is 0. The Labute approximate surface area is 149 Å². The first-order valence-electron chi connectivity index (χ1n) is 8.97. The fourth-order valence-electron chi connectivity index (χ4n) is 3.40. The van der Waals surface area contributed by atoms with Crippen LogP contribution in [0.5, 0.6) is 0 Å². The number of hydrogen-bond acceptors (Lipinski definition) is 4. The second-order valence-electron chi connectivity index (χ2n) is 6.72. The molecule has 0 unspecified atom stereocenters. The Hall–Kier alpha value is -2.43. The molecule has 1 aromatic carbocycles. The van der Waals surface area contributed by atoms with Crippen molar-refractivity contribution in [1.29, 1.82) is 0 Å². The van der Waals surface area contributed by atoms with Gasteiger partial charge in [-0.15, -0.1) is 0 Å². The minimum Gasteiger partial charge on any atom is -0.338 e. The number of aryl methyl sites for hydroxylation is 2. The second-order valence-corrected chi connectivity index (χ2v) is 6.72. The Bertz CT molecular complexity index is 711. The van der Waals surface area contributed by atoms with E-state index in [1.54, 1.807) is 0 Å². The van der Waals surface area contributed by atoms with Gasteiger partial charge in [0.05, 0.1) is 0 Å². The Morgan fingerprint density at radius 3 is 2.44 bits per heavy atom. The minimum atomic E-state index is 0.166. The van der Waals surface area contributed by atoms with Crippen LogP contribution in [0.2, 0.25) is 0 Å². The largest absolute Gasteiger partial charge is 0.338 e. The highest BCUT2D eigenvalue weighted by Crippen LogP contribution is 2.21. The summed E-state index contributed by atoms with van der Waals surface area (Å²) in [6.07, 6.45) is 1.42. The van der Waals surface area contributed by atoms with Gasteiger partial charge in [-0.3, -0.25) is 4.79 Å². The molecule has 1 atom stereocenters. The molecule has 1 aliphatic rings. The predicted molar refractivity (Wildman–Crippen MR) is 99.4 cm³/mol. The van der Waals surface area contributed by atoms with Crippen molar-refractivity contribution in [3.8, 4) is 0 Å². The molecule has 0 aliphatic carbocycles. The van der Waals surface area contributed by atoms with E-state index in [2.05, 4.69) is 33.9 Å². The summed E-state index contributed by atoms with van der Waals surface area (Å²) in [7, 11) is 0. The number of aromatic nitrogens is 2. The Balaban J connectivity index is 1.83. The Morgan fingerprint density at radius 1 is 1.12 bits per heavy atom. The van der Waals surface area contributed by atoms with Crippen molar-refractivity contribution in [2.24, 2.45) is 0 Å². The van der Waals surface area contributed by atoms with E-state index in [4.69, 9.17) is 0 Å². The number of carbonyl (C=O) groups is 1. The van der Waals surface area contributed by atoms with Crippen LogP contribution < -0.4 is 4.90 Å². The van der Waals surface area contributed by atoms with Crippen molar-refractivity contribution < 1.29 is 4.79 Å². The summed E-state index contributed by atoms with van der Waals surface area (Å²) >= 11 is 0. The number of anilines is 1. The molecular weight excluding hydrogens is 312 g/mol. The van der Waals surface area contributed by atoms with Crippen LogP contribution in [0.15, 0.2) is 36.4 Å². The lowest BCUT2D eigenvalue weighted by molar-refractivity contribution is -0.133. The van der Waals surface area contributed by atoms with Crippen LogP contribution in [0.1, 0.15) is 36.7 Å². The molecule has 1 amide bonds. The van der Waals surface area contributed by atoms with E-state index in [-0.39, 0.29) is 11.9 Å². The van der Waals surface area contributed by atoms with Crippen LogP contribution in [-0.4, -0.2) is 39.9 Å². The molecule has 5 heteroatoms. The standard InChI is InChI=1S/C20H26N4O/c1-4-18-14-23(20-21-15(2)12-16(3)22-20)11-10-19(25)24(18)13-17-8-6-5-7-9-17/h5-9,12,18H,4,10-11,13-14H2,1-3H3/t18-/m0/s1. The van der Waals surface area contributed by atoms with E-state index in [0.717, 1.165) is 30.3 Å². The van der Waals surface area contributed by atoms with Crippen molar-refractivity contribution >= 4 is 11.9 Å². The van der Waals surface area contributed by atoms with Gasteiger partial charge in [-0.05, 0) is 31.9 Å². The molecule has 0 radical (unpaired) electrons. The molecule has 25 heavy (non-hydrogen) atoms. The highest BCUT2D eigenvalue weighted by Gasteiger charge is 2.29. The van der Waals surface area contributed by atoms with Crippen molar-refractivity contribution in [2.45, 2.75) is 46.2 Å². The SMILES string of the molecule is CC[C@H]1CN(c2nc(C)cc(C)n2)CCC(=O)N1Cc1ccccc1. The quantitative estimate of drug-likeness (QED) is 0.859. The number of rotatable bonds is 4. The molecule has 0 bridgehead atoms. The summed E-state index contributed by atoms with van der Waals surface area (Å²) < 4.78 is 0. The van der Waals surface area contributed by atoms with Crippen LogP contribution in [0.3, 0.4) is 0 Å². The van der Waals surface area contributed by atoms with Gasteiger partial charge in [-0.2, -0.15) is 0 Å². The molecule has 132 valence electrons. The van der Waals surface area contributed by atoms with Gasteiger partial charge in [0.25, 0.3) is 0 Å². The topological polar surface area (TPSA) is 49.3 Å². The number of carbonyl (C=O) groups excluding carboxylic acids is 1. The monoisotopic (exact) mass is 338 g/mol.